The molecule has 0 bridgehead atoms. The summed E-state index contributed by atoms with van der Waals surface area (Å²) in [6, 6.07) is 60.6. The van der Waals surface area contributed by atoms with Crippen molar-refractivity contribution >= 4 is 54.6 Å². The monoisotopic (exact) mass is 758 g/mol. The SMILES string of the molecule is CCc1c(-c2ccccc2)nc(-c2cccc3oc4ccccc4c23)nc1-c1cccc2oc3ccc(C4c5ccccc5-c5cc6ccccc6cc5C4C)cc3c12. The van der Waals surface area contributed by atoms with Crippen LogP contribution in [0.5, 0.6) is 0 Å². The molecule has 59 heavy (non-hydrogen) atoms. The molecular formula is C55H38N2O2. The lowest BCUT2D eigenvalue weighted by Crippen LogP contribution is -2.17. The van der Waals surface area contributed by atoms with Crippen molar-refractivity contribution in [3.63, 3.8) is 0 Å². The number of para-hydroxylation sites is 1. The number of aromatic nitrogens is 2. The molecule has 0 radical (unpaired) electrons. The molecule has 8 aromatic carbocycles. The maximum absolute atomic E-state index is 6.70. The molecule has 0 saturated heterocycles. The van der Waals surface area contributed by atoms with Crippen molar-refractivity contribution in [1.82, 2.24) is 9.97 Å². The van der Waals surface area contributed by atoms with Gasteiger partial charge in [0.1, 0.15) is 22.3 Å². The molecule has 0 saturated carbocycles. The molecule has 0 spiro atoms. The Kier molecular flexibility index (Phi) is 7.52. The van der Waals surface area contributed by atoms with Gasteiger partial charge in [-0.15, -0.1) is 0 Å². The van der Waals surface area contributed by atoms with Crippen molar-refractivity contribution in [2.45, 2.75) is 32.1 Å². The van der Waals surface area contributed by atoms with Gasteiger partial charge in [0.2, 0.25) is 0 Å². The van der Waals surface area contributed by atoms with Gasteiger partial charge in [-0.2, -0.15) is 0 Å². The molecule has 0 aliphatic heterocycles. The number of rotatable bonds is 5. The standard InChI is InChI=1S/C55H38N2O2/c1-3-37-53(33-15-5-4-6-16-33)56-55(42-23-14-26-48-51(42)40-21-11-12-24-46(40)58-48)57-54(37)41-22-13-25-49-52(41)45-31-36(27-28-47(45)59-49)50-32(2)43-29-34-17-7-8-18-35(34)30-44(43)38-19-9-10-20-39(38)50/h4-32,50H,3H2,1-2H3. The van der Waals surface area contributed by atoms with Crippen LogP contribution in [0.15, 0.2) is 179 Å². The van der Waals surface area contributed by atoms with Crippen molar-refractivity contribution in [3.8, 4) is 45.0 Å². The molecule has 0 N–H and O–H groups in total. The van der Waals surface area contributed by atoms with E-state index in [1.807, 2.05) is 24.3 Å². The highest BCUT2D eigenvalue weighted by Crippen LogP contribution is 2.52. The largest absolute Gasteiger partial charge is 0.456 e. The number of hydrogen-bond acceptors (Lipinski definition) is 4. The Hall–Kier alpha value is -7.30. The first-order chi connectivity index (χ1) is 29.1. The molecule has 1 aliphatic carbocycles. The lowest BCUT2D eigenvalue weighted by atomic mass is 9.69. The second kappa shape index (κ2) is 13.1. The fourth-order valence-electron chi connectivity index (χ4n) is 9.99. The maximum Gasteiger partial charge on any atom is 0.161 e. The van der Waals surface area contributed by atoms with Crippen molar-refractivity contribution in [2.24, 2.45) is 0 Å². The van der Waals surface area contributed by atoms with Crippen LogP contribution in [-0.4, -0.2) is 9.97 Å². The van der Waals surface area contributed by atoms with E-state index in [2.05, 4.69) is 159 Å². The molecule has 11 aromatic rings. The van der Waals surface area contributed by atoms with E-state index >= 15 is 0 Å². The molecule has 3 aromatic heterocycles. The van der Waals surface area contributed by atoms with Crippen LogP contribution in [-0.2, 0) is 6.42 Å². The molecule has 0 fully saturated rings. The van der Waals surface area contributed by atoms with Crippen LogP contribution in [0.1, 0.15) is 47.9 Å². The average molecular weight is 759 g/mol. The highest BCUT2D eigenvalue weighted by atomic mass is 16.3. The van der Waals surface area contributed by atoms with Gasteiger partial charge in [0.05, 0.1) is 11.4 Å². The van der Waals surface area contributed by atoms with Gasteiger partial charge in [0.25, 0.3) is 0 Å². The summed E-state index contributed by atoms with van der Waals surface area (Å²) < 4.78 is 13.0. The number of fused-ring (bicyclic) bond motifs is 10. The molecule has 3 heterocycles. The molecule has 4 nitrogen and oxygen atoms in total. The van der Waals surface area contributed by atoms with Gasteiger partial charge in [0.15, 0.2) is 5.82 Å². The average Bonchev–Trinajstić information content (AvgIpc) is 3.87. The topological polar surface area (TPSA) is 52.1 Å². The number of furan rings is 2. The molecule has 2 unspecified atom stereocenters. The van der Waals surface area contributed by atoms with Crippen molar-refractivity contribution < 1.29 is 8.83 Å². The van der Waals surface area contributed by atoms with E-state index in [4.69, 9.17) is 18.8 Å². The Balaban J connectivity index is 1.09. The first-order valence-corrected chi connectivity index (χ1v) is 20.6. The van der Waals surface area contributed by atoms with Crippen LogP contribution in [0, 0.1) is 0 Å². The molecule has 280 valence electrons. The minimum absolute atomic E-state index is 0.160. The molecule has 1 aliphatic rings. The van der Waals surface area contributed by atoms with E-state index in [-0.39, 0.29) is 11.8 Å². The first kappa shape index (κ1) is 33.8. The third-order valence-electron chi connectivity index (χ3n) is 12.7. The zero-order valence-electron chi connectivity index (χ0n) is 32.7. The van der Waals surface area contributed by atoms with E-state index in [1.54, 1.807) is 0 Å². The minimum atomic E-state index is 0.160. The van der Waals surface area contributed by atoms with Gasteiger partial charge < -0.3 is 8.83 Å². The third kappa shape index (κ3) is 5.16. The van der Waals surface area contributed by atoms with Crippen LogP contribution in [0.25, 0.3) is 99.7 Å². The Morgan fingerprint density at radius 2 is 1.10 bits per heavy atom. The van der Waals surface area contributed by atoms with Crippen LogP contribution in [0.4, 0.5) is 0 Å². The summed E-state index contributed by atoms with van der Waals surface area (Å²) in [5.74, 6) is 1.08. The second-order valence-electron chi connectivity index (χ2n) is 15.9. The van der Waals surface area contributed by atoms with E-state index in [1.165, 1.54) is 38.6 Å². The summed E-state index contributed by atoms with van der Waals surface area (Å²) in [5.41, 5.74) is 16.0. The van der Waals surface area contributed by atoms with Gasteiger partial charge in [-0.25, -0.2) is 9.97 Å². The van der Waals surface area contributed by atoms with Gasteiger partial charge in [-0.3, -0.25) is 0 Å². The highest BCUT2D eigenvalue weighted by Gasteiger charge is 2.33. The van der Waals surface area contributed by atoms with Gasteiger partial charge in [0, 0.05) is 49.7 Å². The summed E-state index contributed by atoms with van der Waals surface area (Å²) in [6.07, 6.45) is 0.751. The highest BCUT2D eigenvalue weighted by molar-refractivity contribution is 6.14. The van der Waals surface area contributed by atoms with E-state index in [0.29, 0.717) is 5.82 Å². The quantitative estimate of drug-likeness (QED) is 0.175. The summed E-state index contributed by atoms with van der Waals surface area (Å²) in [5, 5.41) is 6.78. The predicted octanol–water partition coefficient (Wildman–Crippen LogP) is 14.9. The van der Waals surface area contributed by atoms with Gasteiger partial charge in [-0.05, 0) is 87.3 Å². The third-order valence-corrected chi connectivity index (χ3v) is 12.7. The molecule has 2 atom stereocenters. The van der Waals surface area contributed by atoms with Crippen molar-refractivity contribution in [1.29, 1.82) is 0 Å². The lowest BCUT2D eigenvalue weighted by Gasteiger charge is -2.34. The van der Waals surface area contributed by atoms with Crippen molar-refractivity contribution in [2.75, 3.05) is 0 Å². The molecule has 12 rings (SSSR count). The van der Waals surface area contributed by atoms with Crippen LogP contribution >= 0.6 is 0 Å². The summed E-state index contributed by atoms with van der Waals surface area (Å²) in [6.45, 7) is 4.59. The second-order valence-corrected chi connectivity index (χ2v) is 15.9. The maximum atomic E-state index is 6.70. The fourth-order valence-corrected chi connectivity index (χ4v) is 9.99. The Labute approximate surface area is 341 Å². The molecule has 4 heteroatoms. The number of benzene rings is 8. The predicted molar refractivity (Wildman–Crippen MR) is 242 cm³/mol. The number of nitrogens with zero attached hydrogens (tertiary/aromatic N) is 2. The minimum Gasteiger partial charge on any atom is -0.456 e. The molecule has 0 amide bonds. The zero-order valence-corrected chi connectivity index (χ0v) is 32.7. The van der Waals surface area contributed by atoms with Crippen LogP contribution < -0.4 is 0 Å². The zero-order chi connectivity index (χ0) is 39.2. The first-order valence-electron chi connectivity index (χ1n) is 20.6. The van der Waals surface area contributed by atoms with Crippen molar-refractivity contribution in [3.05, 3.63) is 192 Å². The van der Waals surface area contributed by atoms with Crippen LogP contribution in [0.2, 0.25) is 0 Å². The number of hydrogen-bond donors (Lipinski definition) is 0. The van der Waals surface area contributed by atoms with Gasteiger partial charge in [-0.1, -0.05) is 147 Å². The normalized spacial score (nSPS) is 15.0. The van der Waals surface area contributed by atoms with Gasteiger partial charge >= 0.3 is 0 Å². The Morgan fingerprint density at radius 3 is 1.92 bits per heavy atom. The lowest BCUT2D eigenvalue weighted by molar-refractivity contribution is 0.648. The smallest absolute Gasteiger partial charge is 0.161 e. The summed E-state index contributed by atoms with van der Waals surface area (Å²) in [7, 11) is 0. The van der Waals surface area contributed by atoms with E-state index in [9.17, 15) is 0 Å². The molecular weight excluding hydrogens is 721 g/mol. The fraction of sp³-hybridized carbons (Fsp3) is 0.0909. The van der Waals surface area contributed by atoms with E-state index in [0.717, 1.165) is 83.9 Å². The summed E-state index contributed by atoms with van der Waals surface area (Å²) in [4.78, 5) is 11.0. The summed E-state index contributed by atoms with van der Waals surface area (Å²) >= 11 is 0. The van der Waals surface area contributed by atoms with E-state index < -0.39 is 0 Å². The van der Waals surface area contributed by atoms with Crippen LogP contribution in [0.3, 0.4) is 0 Å². The Morgan fingerprint density at radius 1 is 0.475 bits per heavy atom. The Bertz CT molecular complexity index is 3470.